The van der Waals surface area contributed by atoms with Crippen molar-refractivity contribution in [1.82, 2.24) is 10.2 Å². The Balaban J connectivity index is 3.50. The molecule has 0 aliphatic carbocycles. The molecule has 0 aromatic carbocycles. The van der Waals surface area contributed by atoms with Crippen molar-refractivity contribution in [2.24, 2.45) is 5.73 Å². The summed E-state index contributed by atoms with van der Waals surface area (Å²) in [5, 5.41) is 2.76. The molecule has 94 valence electrons. The van der Waals surface area contributed by atoms with Gasteiger partial charge < -0.3 is 15.8 Å². The first-order valence-electron chi connectivity index (χ1n) is 5.28. The zero-order chi connectivity index (χ0) is 12.4. The molecular weight excluding hydrogens is 226 g/mol. The summed E-state index contributed by atoms with van der Waals surface area (Å²) in [6, 6.07) is 0. The average molecular weight is 247 g/mol. The van der Waals surface area contributed by atoms with Gasteiger partial charge in [0.15, 0.2) is 0 Å². The highest BCUT2D eigenvalue weighted by molar-refractivity contribution is 7.80. The van der Waals surface area contributed by atoms with Crippen LogP contribution < -0.4 is 11.1 Å². The Morgan fingerprint density at radius 3 is 2.81 bits per heavy atom. The molecule has 0 saturated carbocycles. The van der Waals surface area contributed by atoms with E-state index < -0.39 is 0 Å². The molecule has 0 spiro atoms. The Morgan fingerprint density at radius 2 is 2.25 bits per heavy atom. The van der Waals surface area contributed by atoms with Crippen LogP contribution in [0.5, 0.6) is 0 Å². The van der Waals surface area contributed by atoms with Crippen molar-refractivity contribution < 1.29 is 9.53 Å². The van der Waals surface area contributed by atoms with Gasteiger partial charge in [0.2, 0.25) is 5.91 Å². The van der Waals surface area contributed by atoms with Crippen LogP contribution in [0.4, 0.5) is 0 Å². The normalized spacial score (nSPS) is 10.4. The van der Waals surface area contributed by atoms with Crippen molar-refractivity contribution >= 4 is 23.1 Å². The van der Waals surface area contributed by atoms with Crippen LogP contribution in [0.25, 0.3) is 0 Å². The van der Waals surface area contributed by atoms with Gasteiger partial charge in [-0.05, 0) is 26.4 Å². The number of hydrogen-bond donors (Lipinski definition) is 2. The van der Waals surface area contributed by atoms with E-state index in [1.165, 1.54) is 0 Å². The minimum absolute atomic E-state index is 0.00914. The second kappa shape index (κ2) is 9.50. The molecule has 0 saturated heterocycles. The van der Waals surface area contributed by atoms with Crippen molar-refractivity contribution in [3.8, 4) is 0 Å². The van der Waals surface area contributed by atoms with Crippen LogP contribution >= 0.6 is 12.2 Å². The van der Waals surface area contributed by atoms with E-state index in [1.807, 2.05) is 11.9 Å². The number of nitrogens with two attached hydrogens (primary N) is 1. The van der Waals surface area contributed by atoms with Gasteiger partial charge >= 0.3 is 0 Å². The van der Waals surface area contributed by atoms with Crippen LogP contribution in [0, 0.1) is 0 Å². The first kappa shape index (κ1) is 15.3. The lowest BCUT2D eigenvalue weighted by atomic mass is 10.3. The van der Waals surface area contributed by atoms with Crippen molar-refractivity contribution in [3.05, 3.63) is 0 Å². The summed E-state index contributed by atoms with van der Waals surface area (Å²) in [6.45, 7) is 2.29. The largest absolute Gasteiger partial charge is 0.393 e. The third-order valence-corrected chi connectivity index (χ3v) is 2.21. The molecule has 5 nitrogen and oxygen atoms in total. The van der Waals surface area contributed by atoms with E-state index in [9.17, 15) is 4.79 Å². The summed E-state index contributed by atoms with van der Waals surface area (Å²) in [5.41, 5.74) is 5.38. The number of likely N-dealkylation sites (N-methyl/N-ethyl adjacent to an activating group) is 1. The summed E-state index contributed by atoms with van der Waals surface area (Å²) in [5.74, 6) is 0.00914. The van der Waals surface area contributed by atoms with Gasteiger partial charge in [-0.2, -0.15) is 0 Å². The monoisotopic (exact) mass is 247 g/mol. The Labute approximate surface area is 102 Å². The Kier molecular flexibility index (Phi) is 9.07. The number of hydrogen-bond acceptors (Lipinski definition) is 4. The third-order valence-electron chi connectivity index (χ3n) is 2.00. The summed E-state index contributed by atoms with van der Waals surface area (Å²) in [7, 11) is 3.50. The predicted molar refractivity (Wildman–Crippen MR) is 68.4 cm³/mol. The van der Waals surface area contributed by atoms with Gasteiger partial charge in [-0.3, -0.25) is 9.69 Å². The van der Waals surface area contributed by atoms with E-state index in [0.717, 1.165) is 19.4 Å². The molecule has 6 heteroatoms. The first-order valence-corrected chi connectivity index (χ1v) is 5.69. The van der Waals surface area contributed by atoms with Crippen molar-refractivity contribution in [2.45, 2.75) is 12.8 Å². The Morgan fingerprint density at radius 1 is 1.56 bits per heavy atom. The minimum atomic E-state index is 0.00914. The molecule has 0 unspecified atom stereocenters. The van der Waals surface area contributed by atoms with Crippen LogP contribution in [0.2, 0.25) is 0 Å². The SMILES string of the molecule is COCCNC(=O)CN(C)CCCC(N)=S. The molecule has 0 fully saturated rings. The van der Waals surface area contributed by atoms with E-state index in [2.05, 4.69) is 5.32 Å². The molecule has 0 aromatic rings. The molecule has 0 atom stereocenters. The van der Waals surface area contributed by atoms with Gasteiger partial charge in [0, 0.05) is 13.7 Å². The average Bonchev–Trinajstić information content (AvgIpc) is 2.17. The maximum Gasteiger partial charge on any atom is 0.234 e. The molecule has 16 heavy (non-hydrogen) atoms. The van der Waals surface area contributed by atoms with E-state index in [0.29, 0.717) is 24.7 Å². The number of nitrogens with zero attached hydrogens (tertiary/aromatic N) is 1. The highest BCUT2D eigenvalue weighted by Gasteiger charge is 2.05. The Hall–Kier alpha value is -0.720. The van der Waals surface area contributed by atoms with Crippen LogP contribution in [-0.4, -0.2) is 56.2 Å². The van der Waals surface area contributed by atoms with Crippen LogP contribution in [0.1, 0.15) is 12.8 Å². The summed E-state index contributed by atoms with van der Waals surface area (Å²) in [4.78, 5) is 13.8. The van der Waals surface area contributed by atoms with Crippen molar-refractivity contribution in [3.63, 3.8) is 0 Å². The fourth-order valence-corrected chi connectivity index (χ4v) is 1.34. The van der Waals surface area contributed by atoms with Crippen molar-refractivity contribution in [1.29, 1.82) is 0 Å². The lowest BCUT2D eigenvalue weighted by Crippen LogP contribution is -2.37. The number of ether oxygens (including phenoxy) is 1. The quantitative estimate of drug-likeness (QED) is 0.434. The highest BCUT2D eigenvalue weighted by Crippen LogP contribution is 1.92. The second-order valence-electron chi connectivity index (χ2n) is 3.65. The van der Waals surface area contributed by atoms with Gasteiger partial charge in [-0.15, -0.1) is 0 Å². The van der Waals surface area contributed by atoms with Crippen LogP contribution in [-0.2, 0) is 9.53 Å². The molecule has 0 rings (SSSR count). The number of amides is 1. The molecule has 0 aromatic heterocycles. The maximum absolute atomic E-state index is 11.4. The number of rotatable bonds is 9. The first-order chi connectivity index (χ1) is 7.56. The molecule has 0 bridgehead atoms. The Bertz CT molecular complexity index is 224. The zero-order valence-corrected chi connectivity index (χ0v) is 10.8. The number of carbonyl (C=O) groups excluding carboxylic acids is 1. The van der Waals surface area contributed by atoms with E-state index in [1.54, 1.807) is 7.11 Å². The number of methoxy groups -OCH3 is 1. The molecule has 3 N–H and O–H groups in total. The summed E-state index contributed by atoms with van der Waals surface area (Å²) >= 11 is 4.77. The zero-order valence-electron chi connectivity index (χ0n) is 9.99. The van der Waals surface area contributed by atoms with E-state index in [-0.39, 0.29) is 5.91 Å². The fraction of sp³-hybridized carbons (Fsp3) is 0.800. The highest BCUT2D eigenvalue weighted by atomic mass is 32.1. The molecule has 0 radical (unpaired) electrons. The van der Waals surface area contributed by atoms with Gasteiger partial charge in [0.1, 0.15) is 0 Å². The second-order valence-corrected chi connectivity index (χ2v) is 4.17. The molecule has 0 aliphatic heterocycles. The number of carbonyl (C=O) groups is 1. The van der Waals surface area contributed by atoms with E-state index in [4.69, 9.17) is 22.7 Å². The van der Waals surface area contributed by atoms with Crippen molar-refractivity contribution in [2.75, 3.05) is 40.4 Å². The topological polar surface area (TPSA) is 67.6 Å². The van der Waals surface area contributed by atoms with Gasteiger partial charge in [0.05, 0.1) is 18.1 Å². The fourth-order valence-electron chi connectivity index (χ4n) is 1.20. The summed E-state index contributed by atoms with van der Waals surface area (Å²) in [6.07, 6.45) is 1.61. The number of thiocarbonyl (C=S) groups is 1. The summed E-state index contributed by atoms with van der Waals surface area (Å²) < 4.78 is 4.83. The van der Waals surface area contributed by atoms with Crippen LogP contribution in [0.3, 0.4) is 0 Å². The molecule has 1 amide bonds. The minimum Gasteiger partial charge on any atom is -0.393 e. The third kappa shape index (κ3) is 9.82. The lowest BCUT2D eigenvalue weighted by Gasteiger charge is -2.15. The van der Waals surface area contributed by atoms with Crippen LogP contribution in [0.15, 0.2) is 0 Å². The molecular formula is C10H21N3O2S. The molecule has 0 aliphatic rings. The predicted octanol–water partition coefficient (Wildman–Crippen LogP) is -0.253. The van der Waals surface area contributed by atoms with Gasteiger partial charge in [0.25, 0.3) is 0 Å². The smallest absolute Gasteiger partial charge is 0.234 e. The number of nitrogens with one attached hydrogen (secondary N) is 1. The van der Waals surface area contributed by atoms with E-state index >= 15 is 0 Å². The van der Waals surface area contributed by atoms with Gasteiger partial charge in [-0.25, -0.2) is 0 Å². The maximum atomic E-state index is 11.4. The lowest BCUT2D eigenvalue weighted by molar-refractivity contribution is -0.122. The molecule has 0 heterocycles. The standard InChI is InChI=1S/C10H21N3O2S/c1-13(6-3-4-9(11)16)8-10(14)12-5-7-15-2/h3-8H2,1-2H3,(H2,11,16)(H,12,14). The van der Waals surface area contributed by atoms with Gasteiger partial charge in [-0.1, -0.05) is 12.2 Å².